The van der Waals surface area contributed by atoms with Gasteiger partial charge in [-0.2, -0.15) is 0 Å². The molecule has 3 nitrogen and oxygen atoms in total. The monoisotopic (exact) mass is 355 g/mol. The number of morpholine rings is 1. The van der Waals surface area contributed by atoms with Crippen LogP contribution in [0.25, 0.3) is 0 Å². The molecule has 1 fully saturated rings. The number of ether oxygens (including phenoxy) is 1. The van der Waals surface area contributed by atoms with Crippen molar-refractivity contribution in [2.24, 2.45) is 0 Å². The van der Waals surface area contributed by atoms with E-state index in [0.29, 0.717) is 6.54 Å². The zero-order valence-corrected chi connectivity index (χ0v) is 13.2. The molecule has 0 saturated carbocycles. The number of amides is 1. The maximum Gasteiger partial charge on any atom is 0.255 e. The van der Waals surface area contributed by atoms with E-state index in [-0.39, 0.29) is 29.6 Å². The minimum absolute atomic E-state index is 0.102. The van der Waals surface area contributed by atoms with Crippen LogP contribution in [0.2, 0.25) is 5.02 Å². The van der Waals surface area contributed by atoms with Crippen molar-refractivity contribution >= 4 is 17.5 Å². The first-order chi connectivity index (χ1) is 11.5. The maximum absolute atomic E-state index is 13.4. The molecule has 1 atom stereocenters. The van der Waals surface area contributed by atoms with E-state index in [0.717, 1.165) is 17.7 Å². The Bertz CT molecular complexity index is 767. The minimum Gasteiger partial charge on any atom is -0.370 e. The zero-order chi connectivity index (χ0) is 17.3. The van der Waals surface area contributed by atoms with Crippen LogP contribution in [0.4, 0.5) is 13.2 Å². The Morgan fingerprint density at radius 3 is 2.50 bits per heavy atom. The summed E-state index contributed by atoms with van der Waals surface area (Å²) in [6.07, 6.45) is -0.424. The fraction of sp³-hybridized carbons (Fsp3) is 0.235. The van der Waals surface area contributed by atoms with Crippen LogP contribution < -0.4 is 0 Å². The fourth-order valence-electron chi connectivity index (χ4n) is 2.57. The normalized spacial score (nSPS) is 17.8. The SMILES string of the molecule is O=C(c1cc(F)c(F)cc1Cl)N1CCOC(c2ccc(F)cc2)C1. The van der Waals surface area contributed by atoms with Gasteiger partial charge in [-0.05, 0) is 29.8 Å². The zero-order valence-electron chi connectivity index (χ0n) is 12.4. The second-order valence-corrected chi connectivity index (χ2v) is 5.82. The summed E-state index contributed by atoms with van der Waals surface area (Å²) in [6.45, 7) is 0.778. The molecule has 0 N–H and O–H groups in total. The molecule has 24 heavy (non-hydrogen) atoms. The molecule has 1 aliphatic heterocycles. The summed E-state index contributed by atoms with van der Waals surface area (Å²) in [5.74, 6) is -3.11. The number of carbonyl (C=O) groups excluding carboxylic acids is 1. The van der Waals surface area contributed by atoms with Crippen LogP contribution >= 0.6 is 11.6 Å². The van der Waals surface area contributed by atoms with Gasteiger partial charge in [0.25, 0.3) is 5.91 Å². The lowest BCUT2D eigenvalue weighted by molar-refractivity contribution is -0.0228. The Morgan fingerprint density at radius 1 is 1.12 bits per heavy atom. The van der Waals surface area contributed by atoms with Crippen LogP contribution in [0, 0.1) is 17.5 Å². The van der Waals surface area contributed by atoms with Crippen molar-refractivity contribution in [1.82, 2.24) is 4.90 Å². The van der Waals surface area contributed by atoms with E-state index in [9.17, 15) is 18.0 Å². The van der Waals surface area contributed by atoms with Gasteiger partial charge in [0.1, 0.15) is 11.9 Å². The molecule has 7 heteroatoms. The first-order valence-electron chi connectivity index (χ1n) is 7.26. The van der Waals surface area contributed by atoms with Crippen molar-refractivity contribution in [3.8, 4) is 0 Å². The summed E-state index contributed by atoms with van der Waals surface area (Å²) in [5.41, 5.74) is 0.626. The van der Waals surface area contributed by atoms with Gasteiger partial charge in [0.05, 0.1) is 23.7 Å². The number of rotatable bonds is 2. The number of benzene rings is 2. The van der Waals surface area contributed by atoms with Crippen molar-refractivity contribution in [2.75, 3.05) is 19.7 Å². The molecular weight excluding hydrogens is 343 g/mol. The summed E-state index contributed by atoms with van der Waals surface area (Å²) >= 11 is 5.86. The highest BCUT2D eigenvalue weighted by Gasteiger charge is 2.28. The van der Waals surface area contributed by atoms with Gasteiger partial charge in [0.15, 0.2) is 11.6 Å². The molecule has 2 aromatic carbocycles. The summed E-state index contributed by atoms with van der Waals surface area (Å²) in [5, 5.41) is -0.149. The lowest BCUT2D eigenvalue weighted by atomic mass is 10.1. The van der Waals surface area contributed by atoms with Crippen molar-refractivity contribution in [3.05, 3.63) is 70.0 Å². The molecule has 0 spiro atoms. The second-order valence-electron chi connectivity index (χ2n) is 5.41. The Balaban J connectivity index is 1.80. The standard InChI is InChI=1S/C17H13ClF3NO2/c18-13-8-15(21)14(20)7-12(13)17(23)22-5-6-24-16(9-22)10-1-3-11(19)4-2-10/h1-4,7-8,16H,5-6,9H2. The van der Waals surface area contributed by atoms with Gasteiger partial charge in [0, 0.05) is 6.54 Å². The van der Waals surface area contributed by atoms with Gasteiger partial charge in [-0.3, -0.25) is 4.79 Å². The summed E-state index contributed by atoms with van der Waals surface area (Å²) < 4.78 is 45.2. The third kappa shape index (κ3) is 3.39. The third-order valence-corrected chi connectivity index (χ3v) is 4.15. The summed E-state index contributed by atoms with van der Waals surface area (Å²) in [7, 11) is 0. The van der Waals surface area contributed by atoms with Crippen molar-refractivity contribution < 1.29 is 22.7 Å². The van der Waals surface area contributed by atoms with Crippen LogP contribution in [-0.2, 0) is 4.74 Å². The quantitative estimate of drug-likeness (QED) is 0.763. The number of nitrogens with zero attached hydrogens (tertiary/aromatic N) is 1. The van der Waals surface area contributed by atoms with Crippen molar-refractivity contribution in [1.29, 1.82) is 0 Å². The molecule has 0 bridgehead atoms. The molecule has 0 aliphatic carbocycles. The van der Waals surface area contributed by atoms with E-state index < -0.39 is 23.6 Å². The summed E-state index contributed by atoms with van der Waals surface area (Å²) in [6, 6.07) is 7.36. The van der Waals surface area contributed by atoms with E-state index in [1.165, 1.54) is 17.0 Å². The Hall–Kier alpha value is -2.05. The Kier molecular flexibility index (Phi) is 4.78. The maximum atomic E-state index is 13.4. The number of hydrogen-bond acceptors (Lipinski definition) is 2. The molecule has 1 amide bonds. The Labute approximate surface area is 141 Å². The van der Waals surface area contributed by atoms with Crippen LogP contribution in [0.5, 0.6) is 0 Å². The van der Waals surface area contributed by atoms with Crippen LogP contribution in [0.1, 0.15) is 22.0 Å². The Morgan fingerprint density at radius 2 is 1.79 bits per heavy atom. The van der Waals surface area contributed by atoms with E-state index in [2.05, 4.69) is 0 Å². The smallest absolute Gasteiger partial charge is 0.255 e. The molecule has 1 saturated heterocycles. The molecule has 1 unspecified atom stereocenters. The molecule has 0 aromatic heterocycles. The van der Waals surface area contributed by atoms with Gasteiger partial charge in [0.2, 0.25) is 0 Å². The lowest BCUT2D eigenvalue weighted by Gasteiger charge is -2.33. The van der Waals surface area contributed by atoms with E-state index in [1.807, 2.05) is 0 Å². The highest BCUT2D eigenvalue weighted by molar-refractivity contribution is 6.33. The molecule has 1 aliphatic rings. The number of carbonyl (C=O) groups is 1. The van der Waals surface area contributed by atoms with Gasteiger partial charge >= 0.3 is 0 Å². The average Bonchev–Trinajstić information content (AvgIpc) is 2.58. The van der Waals surface area contributed by atoms with Gasteiger partial charge < -0.3 is 9.64 Å². The number of halogens is 4. The van der Waals surface area contributed by atoms with Crippen molar-refractivity contribution in [2.45, 2.75) is 6.10 Å². The fourth-order valence-corrected chi connectivity index (χ4v) is 2.80. The van der Waals surface area contributed by atoms with E-state index in [4.69, 9.17) is 16.3 Å². The molecule has 2 aromatic rings. The average molecular weight is 356 g/mol. The van der Waals surface area contributed by atoms with E-state index >= 15 is 0 Å². The van der Waals surface area contributed by atoms with Gasteiger partial charge in [-0.1, -0.05) is 23.7 Å². The van der Waals surface area contributed by atoms with Gasteiger partial charge in [-0.15, -0.1) is 0 Å². The van der Waals surface area contributed by atoms with Crippen LogP contribution in [0.3, 0.4) is 0 Å². The molecule has 126 valence electrons. The molecular formula is C17H13ClF3NO2. The molecule has 1 heterocycles. The highest BCUT2D eigenvalue weighted by Crippen LogP contribution is 2.26. The lowest BCUT2D eigenvalue weighted by Crippen LogP contribution is -2.42. The van der Waals surface area contributed by atoms with Crippen LogP contribution in [0.15, 0.2) is 36.4 Å². The van der Waals surface area contributed by atoms with Gasteiger partial charge in [-0.25, -0.2) is 13.2 Å². The van der Waals surface area contributed by atoms with Crippen LogP contribution in [-0.4, -0.2) is 30.5 Å². The minimum atomic E-state index is -1.13. The molecule has 0 radical (unpaired) electrons. The highest BCUT2D eigenvalue weighted by atomic mass is 35.5. The van der Waals surface area contributed by atoms with Crippen molar-refractivity contribution in [3.63, 3.8) is 0 Å². The predicted octanol–water partition coefficient (Wildman–Crippen LogP) is 3.97. The third-order valence-electron chi connectivity index (χ3n) is 3.84. The first-order valence-corrected chi connectivity index (χ1v) is 7.64. The van der Waals surface area contributed by atoms with E-state index in [1.54, 1.807) is 12.1 Å². The first kappa shape index (κ1) is 16.8. The second kappa shape index (κ2) is 6.83. The number of hydrogen-bond donors (Lipinski definition) is 0. The molecule has 3 rings (SSSR count). The summed E-state index contributed by atoms with van der Waals surface area (Å²) in [4.78, 5) is 14.0. The topological polar surface area (TPSA) is 29.5 Å². The largest absolute Gasteiger partial charge is 0.370 e. The predicted molar refractivity (Wildman–Crippen MR) is 82.4 cm³/mol.